The molecule has 0 unspecified atom stereocenters. The first-order valence-corrected chi connectivity index (χ1v) is 6.10. The van der Waals surface area contributed by atoms with Gasteiger partial charge in [0.05, 0.1) is 6.17 Å². The van der Waals surface area contributed by atoms with Crippen LogP contribution >= 0.6 is 0 Å². The van der Waals surface area contributed by atoms with E-state index in [4.69, 9.17) is 17.2 Å². The van der Waals surface area contributed by atoms with Crippen LogP contribution in [-0.4, -0.2) is 6.17 Å². The molecule has 0 saturated carbocycles. The van der Waals surface area contributed by atoms with Crippen molar-refractivity contribution >= 4 is 0 Å². The summed E-state index contributed by atoms with van der Waals surface area (Å²) in [4.78, 5) is 0. The van der Waals surface area contributed by atoms with E-state index in [1.807, 2.05) is 6.08 Å². The first-order valence-electron chi connectivity index (χ1n) is 6.10. The van der Waals surface area contributed by atoms with Gasteiger partial charge in [-0.2, -0.15) is 0 Å². The van der Waals surface area contributed by atoms with E-state index in [2.05, 4.69) is 0 Å². The summed E-state index contributed by atoms with van der Waals surface area (Å²) in [7, 11) is 0. The van der Waals surface area contributed by atoms with Crippen LogP contribution in [0.3, 0.4) is 0 Å². The summed E-state index contributed by atoms with van der Waals surface area (Å²) in [6.45, 7) is 0. The molecule has 0 heterocycles. The number of halogens is 2. The highest BCUT2D eigenvalue weighted by Crippen LogP contribution is 2.25. The van der Waals surface area contributed by atoms with Gasteiger partial charge < -0.3 is 17.2 Å². The fraction of sp³-hybridized carbons (Fsp3) is 0.286. The molecule has 2 rings (SSSR count). The predicted octanol–water partition coefficient (Wildman–Crippen LogP) is 1.68. The van der Waals surface area contributed by atoms with Crippen molar-refractivity contribution in [2.24, 2.45) is 17.2 Å². The van der Waals surface area contributed by atoms with E-state index >= 15 is 0 Å². The fourth-order valence-corrected chi connectivity index (χ4v) is 2.25. The molecule has 0 fully saturated rings. The van der Waals surface area contributed by atoms with Crippen molar-refractivity contribution in [2.45, 2.75) is 25.4 Å². The Kier molecular flexibility index (Phi) is 3.97. The minimum Gasteiger partial charge on any atom is -0.402 e. The number of hydrogen-bond donors (Lipinski definition) is 3. The Hall–Kier alpha value is -1.72. The molecule has 102 valence electrons. The molecular weight excluding hydrogens is 248 g/mol. The van der Waals surface area contributed by atoms with Gasteiger partial charge in [-0.1, -0.05) is 11.6 Å². The fourth-order valence-electron chi connectivity index (χ4n) is 2.25. The molecule has 0 radical (unpaired) electrons. The van der Waals surface area contributed by atoms with Crippen molar-refractivity contribution in [2.75, 3.05) is 0 Å². The molecule has 0 aromatic heterocycles. The smallest absolute Gasteiger partial charge is 0.126 e. The quantitative estimate of drug-likeness (QED) is 0.728. The summed E-state index contributed by atoms with van der Waals surface area (Å²) in [5.41, 5.74) is 20.1. The van der Waals surface area contributed by atoms with Crippen molar-refractivity contribution in [3.8, 4) is 0 Å². The van der Waals surface area contributed by atoms with Crippen LogP contribution in [0.15, 0.2) is 41.1 Å². The van der Waals surface area contributed by atoms with Gasteiger partial charge in [0.15, 0.2) is 0 Å². The first kappa shape index (κ1) is 13.7. The van der Waals surface area contributed by atoms with Crippen LogP contribution in [0.25, 0.3) is 0 Å². The van der Waals surface area contributed by atoms with E-state index < -0.39 is 17.8 Å². The molecule has 0 atom stereocenters. The number of nitrogens with two attached hydrogens (primary N) is 3. The van der Waals surface area contributed by atoms with Gasteiger partial charge in [-0.15, -0.1) is 0 Å². The predicted molar refractivity (Wildman–Crippen MR) is 70.8 cm³/mol. The lowest BCUT2D eigenvalue weighted by Gasteiger charge is -2.20. The molecule has 1 aromatic carbocycles. The zero-order valence-corrected chi connectivity index (χ0v) is 10.5. The molecule has 6 N–H and O–H groups in total. The summed E-state index contributed by atoms with van der Waals surface area (Å²) in [6, 6.07) is 3.51. The maximum Gasteiger partial charge on any atom is 0.126 e. The van der Waals surface area contributed by atoms with E-state index in [1.54, 1.807) is 0 Å². The molecule has 5 heteroatoms. The van der Waals surface area contributed by atoms with Crippen LogP contribution in [0.4, 0.5) is 8.78 Å². The van der Waals surface area contributed by atoms with Crippen LogP contribution in [0.1, 0.15) is 18.4 Å². The highest BCUT2D eigenvalue weighted by Gasteiger charge is 2.15. The Morgan fingerprint density at radius 2 is 1.68 bits per heavy atom. The van der Waals surface area contributed by atoms with Gasteiger partial charge in [0.25, 0.3) is 0 Å². The second-order valence-corrected chi connectivity index (χ2v) is 4.76. The normalized spacial score (nSPS) is 15.9. The average molecular weight is 265 g/mol. The molecule has 0 saturated heterocycles. The lowest BCUT2D eigenvalue weighted by atomic mass is 9.91. The van der Waals surface area contributed by atoms with E-state index in [9.17, 15) is 8.78 Å². The van der Waals surface area contributed by atoms with Crippen molar-refractivity contribution < 1.29 is 8.78 Å². The lowest BCUT2D eigenvalue weighted by Crippen LogP contribution is -2.34. The highest BCUT2D eigenvalue weighted by molar-refractivity contribution is 5.37. The van der Waals surface area contributed by atoms with Gasteiger partial charge in [-0.3, -0.25) is 0 Å². The maximum atomic E-state index is 13.1. The zero-order valence-electron chi connectivity index (χ0n) is 10.5. The molecular formula is C14H17F2N3. The van der Waals surface area contributed by atoms with Crippen LogP contribution in [-0.2, 0) is 6.42 Å². The third kappa shape index (κ3) is 3.39. The summed E-state index contributed by atoms with van der Waals surface area (Å²) < 4.78 is 26.2. The standard InChI is InChI=1S/C14H17F2N3/c15-10-4-9(5-11(16)7-10)3-8-1-2-13(17)12(6-8)14(18)19/h4-7,14H,1-3,17-19H2. The van der Waals surface area contributed by atoms with Crippen LogP contribution in [0.2, 0.25) is 0 Å². The van der Waals surface area contributed by atoms with Crippen molar-refractivity contribution in [3.05, 3.63) is 58.3 Å². The Bertz CT molecular complexity index is 527. The summed E-state index contributed by atoms with van der Waals surface area (Å²) >= 11 is 0. The van der Waals surface area contributed by atoms with Gasteiger partial charge in [0, 0.05) is 17.3 Å². The molecule has 0 aliphatic heterocycles. The number of rotatable bonds is 3. The molecule has 1 aliphatic rings. The van der Waals surface area contributed by atoms with E-state index in [0.29, 0.717) is 29.7 Å². The molecule has 1 aliphatic carbocycles. The Morgan fingerprint density at radius 3 is 2.26 bits per heavy atom. The molecule has 0 bridgehead atoms. The van der Waals surface area contributed by atoms with Crippen molar-refractivity contribution in [1.29, 1.82) is 0 Å². The second-order valence-electron chi connectivity index (χ2n) is 4.76. The molecule has 0 spiro atoms. The van der Waals surface area contributed by atoms with E-state index in [-0.39, 0.29) is 0 Å². The van der Waals surface area contributed by atoms with Crippen LogP contribution in [0.5, 0.6) is 0 Å². The second kappa shape index (κ2) is 5.50. The average Bonchev–Trinajstić information content (AvgIpc) is 2.30. The van der Waals surface area contributed by atoms with Crippen molar-refractivity contribution in [1.82, 2.24) is 0 Å². The monoisotopic (exact) mass is 265 g/mol. The summed E-state index contributed by atoms with van der Waals surface area (Å²) in [5, 5.41) is 0. The Morgan fingerprint density at radius 1 is 1.05 bits per heavy atom. The maximum absolute atomic E-state index is 13.1. The Labute approximate surface area is 110 Å². The van der Waals surface area contributed by atoms with E-state index in [1.165, 1.54) is 12.1 Å². The van der Waals surface area contributed by atoms with Crippen LogP contribution in [0, 0.1) is 11.6 Å². The van der Waals surface area contributed by atoms with Gasteiger partial charge in [0.1, 0.15) is 11.6 Å². The Balaban J connectivity index is 2.22. The first-order chi connectivity index (χ1) is 8.95. The van der Waals surface area contributed by atoms with Gasteiger partial charge in [-0.25, -0.2) is 8.78 Å². The minimum atomic E-state index is -0.625. The van der Waals surface area contributed by atoms with Crippen molar-refractivity contribution in [3.63, 3.8) is 0 Å². The molecule has 1 aromatic rings. The van der Waals surface area contributed by atoms with Crippen LogP contribution < -0.4 is 17.2 Å². The summed E-state index contributed by atoms with van der Waals surface area (Å²) in [5.74, 6) is -1.14. The largest absolute Gasteiger partial charge is 0.402 e. The van der Waals surface area contributed by atoms with Gasteiger partial charge in [-0.05, 0) is 37.0 Å². The van der Waals surface area contributed by atoms with E-state index in [0.717, 1.165) is 18.1 Å². The van der Waals surface area contributed by atoms with Gasteiger partial charge in [0.2, 0.25) is 0 Å². The zero-order chi connectivity index (χ0) is 14.0. The number of allylic oxidation sites excluding steroid dienone is 2. The highest BCUT2D eigenvalue weighted by atomic mass is 19.1. The topological polar surface area (TPSA) is 78.1 Å². The minimum absolute atomic E-state index is 0.470. The third-order valence-corrected chi connectivity index (χ3v) is 3.16. The number of hydrogen-bond acceptors (Lipinski definition) is 3. The molecule has 3 nitrogen and oxygen atoms in total. The summed E-state index contributed by atoms with van der Waals surface area (Å²) in [6.07, 6.45) is 3.11. The molecule has 0 amide bonds. The van der Waals surface area contributed by atoms with Gasteiger partial charge >= 0.3 is 0 Å². The third-order valence-electron chi connectivity index (χ3n) is 3.16. The molecule has 19 heavy (non-hydrogen) atoms. The number of benzene rings is 1. The lowest BCUT2D eigenvalue weighted by molar-refractivity contribution is 0.580. The SMILES string of the molecule is NC1=C(C(N)N)C=C(Cc2cc(F)cc(F)c2)CC1.